The third-order valence-electron chi connectivity index (χ3n) is 3.69. The molecular weight excluding hydrogens is 212 g/mol. The fraction of sp³-hybridized carbons (Fsp3) is 0.600. The van der Waals surface area contributed by atoms with E-state index in [1.165, 1.54) is 19.3 Å². The molecule has 1 aromatic carbocycles. The van der Waals surface area contributed by atoms with E-state index in [1.54, 1.807) is 0 Å². The summed E-state index contributed by atoms with van der Waals surface area (Å²) >= 11 is 0. The van der Waals surface area contributed by atoms with E-state index in [0.29, 0.717) is 18.6 Å². The predicted molar refractivity (Wildman–Crippen MR) is 68.8 cm³/mol. The first-order valence-corrected chi connectivity index (χ1v) is 6.62. The second-order valence-corrected chi connectivity index (χ2v) is 5.06. The van der Waals surface area contributed by atoms with E-state index in [4.69, 9.17) is 4.74 Å². The van der Waals surface area contributed by atoms with Gasteiger partial charge in [0.25, 0.3) is 0 Å². The first-order valence-electron chi connectivity index (χ1n) is 6.62. The topological polar surface area (TPSA) is 29.5 Å². The minimum Gasteiger partial charge on any atom is -0.386 e. The van der Waals surface area contributed by atoms with Crippen LogP contribution in [0.25, 0.3) is 0 Å². The standard InChI is InChI=1S/C15H22O2/c1-12-7-5-6-10-15(12)17-11-14(16)13-8-3-2-4-9-13/h2-4,8-9,12,14-16H,5-7,10-11H2,1H3. The zero-order valence-corrected chi connectivity index (χ0v) is 10.5. The van der Waals surface area contributed by atoms with E-state index in [1.807, 2.05) is 30.3 Å². The van der Waals surface area contributed by atoms with Crippen LogP contribution in [-0.2, 0) is 4.74 Å². The number of hydrogen-bond acceptors (Lipinski definition) is 2. The largest absolute Gasteiger partial charge is 0.386 e. The Labute approximate surface area is 104 Å². The molecule has 1 saturated carbocycles. The lowest BCUT2D eigenvalue weighted by Gasteiger charge is -2.29. The number of aliphatic hydroxyl groups excluding tert-OH is 1. The quantitative estimate of drug-likeness (QED) is 0.866. The molecule has 2 rings (SSSR count). The molecule has 0 aromatic heterocycles. The Bertz CT molecular complexity index is 323. The smallest absolute Gasteiger partial charge is 0.102 e. The Kier molecular flexibility index (Phi) is 4.57. The number of rotatable bonds is 4. The van der Waals surface area contributed by atoms with Crippen LogP contribution in [0.2, 0.25) is 0 Å². The van der Waals surface area contributed by atoms with Gasteiger partial charge in [0.2, 0.25) is 0 Å². The fourth-order valence-corrected chi connectivity index (χ4v) is 2.52. The minimum atomic E-state index is -0.495. The Morgan fingerprint density at radius 3 is 2.65 bits per heavy atom. The van der Waals surface area contributed by atoms with Crippen LogP contribution < -0.4 is 0 Å². The number of aliphatic hydroxyl groups is 1. The van der Waals surface area contributed by atoms with Gasteiger partial charge >= 0.3 is 0 Å². The Morgan fingerprint density at radius 1 is 1.24 bits per heavy atom. The van der Waals surface area contributed by atoms with Gasteiger partial charge in [-0.2, -0.15) is 0 Å². The van der Waals surface area contributed by atoms with Crippen molar-refractivity contribution >= 4 is 0 Å². The number of ether oxygens (including phenoxy) is 1. The number of benzene rings is 1. The highest BCUT2D eigenvalue weighted by Gasteiger charge is 2.22. The molecule has 2 nitrogen and oxygen atoms in total. The SMILES string of the molecule is CC1CCCCC1OCC(O)c1ccccc1. The zero-order chi connectivity index (χ0) is 12.1. The van der Waals surface area contributed by atoms with Crippen molar-refractivity contribution in [3.63, 3.8) is 0 Å². The average Bonchev–Trinajstić information content (AvgIpc) is 2.38. The maximum absolute atomic E-state index is 10.0. The van der Waals surface area contributed by atoms with E-state index < -0.39 is 6.10 Å². The summed E-state index contributed by atoms with van der Waals surface area (Å²) in [4.78, 5) is 0. The van der Waals surface area contributed by atoms with Gasteiger partial charge in [0.15, 0.2) is 0 Å². The van der Waals surface area contributed by atoms with Crippen LogP contribution in [-0.4, -0.2) is 17.8 Å². The van der Waals surface area contributed by atoms with Crippen molar-refractivity contribution in [2.24, 2.45) is 5.92 Å². The van der Waals surface area contributed by atoms with Crippen molar-refractivity contribution in [2.75, 3.05) is 6.61 Å². The molecule has 1 fully saturated rings. The molecule has 1 N–H and O–H groups in total. The summed E-state index contributed by atoms with van der Waals surface area (Å²) in [5, 5.41) is 10.0. The molecule has 1 aliphatic rings. The van der Waals surface area contributed by atoms with Crippen LogP contribution >= 0.6 is 0 Å². The molecule has 0 saturated heterocycles. The summed E-state index contributed by atoms with van der Waals surface area (Å²) in [5.41, 5.74) is 0.941. The van der Waals surface area contributed by atoms with Crippen LogP contribution in [0.15, 0.2) is 30.3 Å². The summed E-state index contributed by atoms with van der Waals surface area (Å²) in [6.45, 7) is 2.66. The van der Waals surface area contributed by atoms with Gasteiger partial charge in [0, 0.05) is 0 Å². The molecule has 0 spiro atoms. The molecule has 0 bridgehead atoms. The highest BCUT2D eigenvalue weighted by Crippen LogP contribution is 2.27. The lowest BCUT2D eigenvalue weighted by atomic mass is 9.88. The van der Waals surface area contributed by atoms with Gasteiger partial charge in [0.05, 0.1) is 12.7 Å². The van der Waals surface area contributed by atoms with Crippen LogP contribution in [0.1, 0.15) is 44.3 Å². The molecular formula is C15H22O2. The van der Waals surface area contributed by atoms with Crippen LogP contribution in [0.5, 0.6) is 0 Å². The van der Waals surface area contributed by atoms with E-state index in [9.17, 15) is 5.11 Å². The van der Waals surface area contributed by atoms with Gasteiger partial charge in [-0.3, -0.25) is 0 Å². The van der Waals surface area contributed by atoms with Crippen molar-refractivity contribution in [1.29, 1.82) is 0 Å². The maximum Gasteiger partial charge on any atom is 0.102 e. The predicted octanol–water partition coefficient (Wildman–Crippen LogP) is 3.32. The van der Waals surface area contributed by atoms with Crippen molar-refractivity contribution < 1.29 is 9.84 Å². The Balaban J connectivity index is 1.81. The van der Waals surface area contributed by atoms with E-state index >= 15 is 0 Å². The molecule has 0 aliphatic heterocycles. The lowest BCUT2D eigenvalue weighted by Crippen LogP contribution is -2.27. The highest BCUT2D eigenvalue weighted by molar-refractivity contribution is 5.17. The fourth-order valence-electron chi connectivity index (χ4n) is 2.52. The maximum atomic E-state index is 10.0. The Hall–Kier alpha value is -0.860. The van der Waals surface area contributed by atoms with Gasteiger partial charge in [-0.25, -0.2) is 0 Å². The van der Waals surface area contributed by atoms with Crippen molar-refractivity contribution in [3.8, 4) is 0 Å². The summed E-state index contributed by atoms with van der Waals surface area (Å²) in [6, 6.07) is 9.74. The van der Waals surface area contributed by atoms with Crippen molar-refractivity contribution in [2.45, 2.75) is 44.8 Å². The molecule has 2 heteroatoms. The van der Waals surface area contributed by atoms with E-state index in [-0.39, 0.29) is 0 Å². The first-order chi connectivity index (χ1) is 8.27. The molecule has 3 atom stereocenters. The van der Waals surface area contributed by atoms with E-state index in [2.05, 4.69) is 6.92 Å². The third kappa shape index (κ3) is 3.55. The second-order valence-electron chi connectivity index (χ2n) is 5.06. The molecule has 0 amide bonds. The highest BCUT2D eigenvalue weighted by atomic mass is 16.5. The van der Waals surface area contributed by atoms with Gasteiger partial charge < -0.3 is 9.84 Å². The first kappa shape index (κ1) is 12.6. The summed E-state index contributed by atoms with van der Waals surface area (Å²) in [7, 11) is 0. The molecule has 0 heterocycles. The molecule has 1 aromatic rings. The molecule has 17 heavy (non-hydrogen) atoms. The normalized spacial score (nSPS) is 26.7. The van der Waals surface area contributed by atoms with E-state index in [0.717, 1.165) is 12.0 Å². The van der Waals surface area contributed by atoms with Gasteiger partial charge in [0.1, 0.15) is 6.10 Å². The third-order valence-corrected chi connectivity index (χ3v) is 3.69. The van der Waals surface area contributed by atoms with Gasteiger partial charge in [-0.05, 0) is 24.3 Å². The van der Waals surface area contributed by atoms with Crippen molar-refractivity contribution in [1.82, 2.24) is 0 Å². The van der Waals surface area contributed by atoms with Gasteiger partial charge in [-0.15, -0.1) is 0 Å². The average molecular weight is 234 g/mol. The van der Waals surface area contributed by atoms with Crippen LogP contribution in [0, 0.1) is 5.92 Å². The Morgan fingerprint density at radius 2 is 1.94 bits per heavy atom. The summed E-state index contributed by atoms with van der Waals surface area (Å²) in [6.07, 6.45) is 4.82. The number of hydrogen-bond donors (Lipinski definition) is 1. The van der Waals surface area contributed by atoms with Crippen LogP contribution in [0.4, 0.5) is 0 Å². The van der Waals surface area contributed by atoms with Crippen molar-refractivity contribution in [3.05, 3.63) is 35.9 Å². The summed E-state index contributed by atoms with van der Waals surface area (Å²) in [5.74, 6) is 0.631. The molecule has 1 aliphatic carbocycles. The summed E-state index contributed by atoms with van der Waals surface area (Å²) < 4.78 is 5.86. The minimum absolute atomic E-state index is 0.335. The monoisotopic (exact) mass is 234 g/mol. The van der Waals surface area contributed by atoms with Crippen LogP contribution in [0.3, 0.4) is 0 Å². The lowest BCUT2D eigenvalue weighted by molar-refractivity contribution is -0.0467. The molecule has 3 unspecified atom stereocenters. The zero-order valence-electron chi connectivity index (χ0n) is 10.5. The molecule has 94 valence electrons. The molecule has 0 radical (unpaired) electrons. The second kappa shape index (κ2) is 6.18. The van der Waals surface area contributed by atoms with Gasteiger partial charge in [-0.1, -0.05) is 50.1 Å².